The van der Waals surface area contributed by atoms with Crippen LogP contribution in [-0.4, -0.2) is 45.6 Å². The van der Waals surface area contributed by atoms with Gasteiger partial charge in [0.25, 0.3) is 0 Å². The fourth-order valence-corrected chi connectivity index (χ4v) is 3.22. The van der Waals surface area contributed by atoms with E-state index in [4.69, 9.17) is 14.2 Å². The average Bonchev–Trinajstić information content (AvgIpc) is 2.73. The van der Waals surface area contributed by atoms with Crippen LogP contribution in [0.4, 0.5) is 5.69 Å². The molecule has 138 valence electrons. The molecule has 1 heterocycles. The van der Waals surface area contributed by atoms with Crippen molar-refractivity contribution in [1.29, 1.82) is 0 Å². The van der Waals surface area contributed by atoms with E-state index >= 15 is 0 Å². The predicted molar refractivity (Wildman–Crippen MR) is 102 cm³/mol. The molecule has 1 aliphatic heterocycles. The van der Waals surface area contributed by atoms with Crippen LogP contribution in [-0.2, 0) is 10.3 Å². The highest BCUT2D eigenvalue weighted by atomic mass is 16.5. The normalized spacial score (nSPS) is 16.7. The molecule has 1 atom stereocenters. The highest BCUT2D eigenvalue weighted by molar-refractivity contribution is 5.53. The molecule has 1 saturated heterocycles. The van der Waals surface area contributed by atoms with Crippen molar-refractivity contribution in [2.45, 2.75) is 5.60 Å². The number of anilines is 1. The van der Waals surface area contributed by atoms with E-state index in [1.807, 2.05) is 30.3 Å². The lowest BCUT2D eigenvalue weighted by molar-refractivity contribution is 0.122. The summed E-state index contributed by atoms with van der Waals surface area (Å²) in [5.74, 6) is 1.18. The molecule has 1 fully saturated rings. The topological polar surface area (TPSA) is 51.2 Å². The van der Waals surface area contributed by atoms with Crippen LogP contribution in [0.1, 0.15) is 11.1 Å². The van der Waals surface area contributed by atoms with Gasteiger partial charge in [0.15, 0.2) is 11.5 Å². The zero-order valence-electron chi connectivity index (χ0n) is 15.3. The highest BCUT2D eigenvalue weighted by Crippen LogP contribution is 2.37. The first-order valence-electron chi connectivity index (χ1n) is 8.64. The summed E-state index contributed by atoms with van der Waals surface area (Å²) in [5.41, 5.74) is 1.22. The van der Waals surface area contributed by atoms with Crippen molar-refractivity contribution in [1.82, 2.24) is 0 Å². The van der Waals surface area contributed by atoms with Crippen LogP contribution in [0.15, 0.2) is 55.1 Å². The molecule has 2 aromatic rings. The number of hydrogen-bond donors (Lipinski definition) is 1. The van der Waals surface area contributed by atoms with Crippen molar-refractivity contribution in [3.05, 3.63) is 66.2 Å². The Morgan fingerprint density at radius 1 is 1.00 bits per heavy atom. The Bertz CT molecular complexity index is 753. The second-order valence-corrected chi connectivity index (χ2v) is 6.19. The molecule has 0 saturated carbocycles. The first-order valence-corrected chi connectivity index (χ1v) is 8.64. The maximum absolute atomic E-state index is 11.3. The maximum Gasteiger partial charge on any atom is 0.161 e. The third-order valence-corrected chi connectivity index (χ3v) is 4.80. The maximum atomic E-state index is 11.3. The molecule has 0 aliphatic carbocycles. The highest BCUT2D eigenvalue weighted by Gasteiger charge is 2.29. The molecule has 1 N–H and O–H groups in total. The Hall–Kier alpha value is -2.50. The van der Waals surface area contributed by atoms with Crippen molar-refractivity contribution in [2.24, 2.45) is 0 Å². The number of aliphatic hydroxyl groups is 1. The van der Waals surface area contributed by atoms with Crippen LogP contribution in [0, 0.1) is 0 Å². The molecule has 1 unspecified atom stereocenters. The smallest absolute Gasteiger partial charge is 0.161 e. The standard InChI is InChI=1S/C21H25NO4/c1-4-21(23,17-7-10-19(24-2)20(15-17)25-3)16-5-8-18(9-6-16)22-11-13-26-14-12-22/h4-10,15,23H,1,11-14H2,2-3H3. The van der Waals surface area contributed by atoms with E-state index in [2.05, 4.69) is 11.5 Å². The molecule has 0 radical (unpaired) electrons. The minimum absolute atomic E-state index is 0.565. The summed E-state index contributed by atoms with van der Waals surface area (Å²) in [6.07, 6.45) is 1.54. The van der Waals surface area contributed by atoms with E-state index in [1.165, 1.54) is 6.08 Å². The SMILES string of the molecule is C=CC(O)(c1ccc(N2CCOCC2)cc1)c1ccc(OC)c(OC)c1. The molecule has 3 rings (SSSR count). The molecule has 5 heteroatoms. The van der Waals surface area contributed by atoms with Crippen molar-refractivity contribution in [3.63, 3.8) is 0 Å². The van der Waals surface area contributed by atoms with Gasteiger partial charge in [-0.05, 0) is 35.4 Å². The van der Waals surface area contributed by atoms with Crippen molar-refractivity contribution in [3.8, 4) is 11.5 Å². The average molecular weight is 355 g/mol. The molecule has 26 heavy (non-hydrogen) atoms. The van der Waals surface area contributed by atoms with Crippen LogP contribution in [0.5, 0.6) is 11.5 Å². The second-order valence-electron chi connectivity index (χ2n) is 6.19. The van der Waals surface area contributed by atoms with Crippen molar-refractivity contribution < 1.29 is 19.3 Å². The molecule has 0 aromatic heterocycles. The molecule has 2 aromatic carbocycles. The summed E-state index contributed by atoms with van der Waals surface area (Å²) in [6.45, 7) is 7.08. The minimum Gasteiger partial charge on any atom is -0.493 e. The largest absolute Gasteiger partial charge is 0.493 e. The van der Waals surface area contributed by atoms with E-state index in [-0.39, 0.29) is 0 Å². The van der Waals surface area contributed by atoms with E-state index in [1.54, 1.807) is 26.4 Å². The quantitative estimate of drug-likeness (QED) is 0.808. The second kappa shape index (κ2) is 7.81. The van der Waals surface area contributed by atoms with Crippen LogP contribution >= 0.6 is 0 Å². The Kier molecular flexibility index (Phi) is 5.49. The Labute approximate surface area is 154 Å². The lowest BCUT2D eigenvalue weighted by atomic mass is 9.86. The van der Waals surface area contributed by atoms with Gasteiger partial charge in [-0.25, -0.2) is 0 Å². The molecule has 5 nitrogen and oxygen atoms in total. The third-order valence-electron chi connectivity index (χ3n) is 4.80. The van der Waals surface area contributed by atoms with Crippen LogP contribution in [0.2, 0.25) is 0 Å². The Balaban J connectivity index is 1.92. The van der Waals surface area contributed by atoms with Gasteiger partial charge < -0.3 is 24.2 Å². The van der Waals surface area contributed by atoms with Gasteiger partial charge in [0.1, 0.15) is 5.60 Å². The monoisotopic (exact) mass is 355 g/mol. The molecular weight excluding hydrogens is 330 g/mol. The van der Waals surface area contributed by atoms with Gasteiger partial charge in [-0.2, -0.15) is 0 Å². The van der Waals surface area contributed by atoms with Crippen LogP contribution < -0.4 is 14.4 Å². The zero-order chi connectivity index (χ0) is 18.6. The van der Waals surface area contributed by atoms with Crippen molar-refractivity contribution in [2.75, 3.05) is 45.4 Å². The van der Waals surface area contributed by atoms with Crippen LogP contribution in [0.3, 0.4) is 0 Å². The van der Waals surface area contributed by atoms with Gasteiger partial charge >= 0.3 is 0 Å². The van der Waals surface area contributed by atoms with Gasteiger partial charge in [-0.15, -0.1) is 0 Å². The van der Waals surface area contributed by atoms with E-state index in [0.29, 0.717) is 17.1 Å². The lowest BCUT2D eigenvalue weighted by Gasteiger charge is -2.30. The van der Waals surface area contributed by atoms with Gasteiger partial charge in [0, 0.05) is 18.8 Å². The summed E-state index contributed by atoms with van der Waals surface area (Å²) >= 11 is 0. The van der Waals surface area contributed by atoms with E-state index < -0.39 is 5.60 Å². The number of methoxy groups -OCH3 is 2. The summed E-state index contributed by atoms with van der Waals surface area (Å²) in [6, 6.07) is 13.3. The van der Waals surface area contributed by atoms with Gasteiger partial charge in [0.05, 0.1) is 27.4 Å². The summed E-state index contributed by atoms with van der Waals surface area (Å²) < 4.78 is 16.0. The number of ether oxygens (including phenoxy) is 3. The molecule has 0 spiro atoms. The van der Waals surface area contributed by atoms with E-state index in [9.17, 15) is 5.11 Å². The summed E-state index contributed by atoms with van der Waals surface area (Å²) in [4.78, 5) is 2.27. The first kappa shape index (κ1) is 18.3. The number of hydrogen-bond acceptors (Lipinski definition) is 5. The number of benzene rings is 2. The number of nitrogens with zero attached hydrogens (tertiary/aromatic N) is 1. The number of rotatable bonds is 6. The zero-order valence-corrected chi connectivity index (χ0v) is 15.3. The third kappa shape index (κ3) is 3.41. The first-order chi connectivity index (χ1) is 12.6. The number of morpholine rings is 1. The molecule has 1 aliphatic rings. The fraction of sp³-hybridized carbons (Fsp3) is 0.333. The summed E-state index contributed by atoms with van der Waals surface area (Å²) in [7, 11) is 3.16. The molecular formula is C21H25NO4. The molecule has 0 amide bonds. The minimum atomic E-state index is -1.32. The Morgan fingerprint density at radius 3 is 2.19 bits per heavy atom. The summed E-state index contributed by atoms with van der Waals surface area (Å²) in [5, 5.41) is 11.3. The fourth-order valence-electron chi connectivity index (χ4n) is 3.22. The van der Waals surface area contributed by atoms with Gasteiger partial charge in [0.2, 0.25) is 0 Å². The van der Waals surface area contributed by atoms with E-state index in [0.717, 1.165) is 37.6 Å². The lowest BCUT2D eigenvalue weighted by Crippen LogP contribution is -2.36. The predicted octanol–water partition coefficient (Wildman–Crippen LogP) is 2.96. The van der Waals surface area contributed by atoms with Gasteiger partial charge in [-0.3, -0.25) is 0 Å². The van der Waals surface area contributed by atoms with Crippen LogP contribution in [0.25, 0.3) is 0 Å². The van der Waals surface area contributed by atoms with Crippen molar-refractivity contribution >= 4 is 5.69 Å². The van der Waals surface area contributed by atoms with Gasteiger partial charge in [-0.1, -0.05) is 30.9 Å². The Morgan fingerprint density at radius 2 is 1.62 bits per heavy atom. The molecule has 0 bridgehead atoms.